The number of carboxylic acid groups (broad SMARTS) is 1. The van der Waals surface area contributed by atoms with E-state index in [4.69, 9.17) is 9.84 Å². The van der Waals surface area contributed by atoms with Crippen molar-refractivity contribution in [2.45, 2.75) is 78.9 Å². The monoisotopic (exact) mass is 539 g/mol. The highest BCUT2D eigenvalue weighted by atomic mass is 16.5. The van der Waals surface area contributed by atoms with Crippen LogP contribution in [0.2, 0.25) is 0 Å². The van der Waals surface area contributed by atoms with Crippen LogP contribution in [-0.4, -0.2) is 21.4 Å². The van der Waals surface area contributed by atoms with E-state index in [2.05, 4.69) is 52.0 Å². The fraction of sp³-hybridized carbons (Fsp3) is 0.371. The maximum Gasteiger partial charge on any atom is 0.303 e. The van der Waals surface area contributed by atoms with Gasteiger partial charge < -0.3 is 14.4 Å². The summed E-state index contributed by atoms with van der Waals surface area (Å²) >= 11 is 0. The Morgan fingerprint density at radius 2 is 1.62 bits per heavy atom. The highest BCUT2D eigenvalue weighted by Gasteiger charge is 2.19. The zero-order chi connectivity index (χ0) is 28.7. The molecule has 0 fully saturated rings. The van der Waals surface area contributed by atoms with Crippen molar-refractivity contribution in [2.75, 3.05) is 0 Å². The minimum absolute atomic E-state index is 0.0473. The summed E-state index contributed by atoms with van der Waals surface area (Å²) in [6.07, 6.45) is 6.53. The second-order valence-electron chi connectivity index (χ2n) is 11.8. The van der Waals surface area contributed by atoms with Crippen LogP contribution in [0, 0.1) is 5.41 Å². The normalized spacial score (nSPS) is 12.4. The van der Waals surface area contributed by atoms with Gasteiger partial charge in [0.05, 0.1) is 0 Å². The standard InChI is InChI=1S/C35H41NO4/c1-5-6-12-32(26-16-14-25(15-17-26)23-35(2,3)4)40-28-20-18-27(19-21-28)34(39)30-24-36(22-9-13-33(37)38)31-11-8-7-10-29(30)31/h7-8,10-11,14-21,24,32H,5-6,9,12-13,22-23H2,1-4H3,(H,37,38). The van der Waals surface area contributed by atoms with Gasteiger partial charge in [0.25, 0.3) is 0 Å². The van der Waals surface area contributed by atoms with Gasteiger partial charge in [-0.05, 0) is 72.6 Å². The van der Waals surface area contributed by atoms with Gasteiger partial charge in [0.15, 0.2) is 5.78 Å². The van der Waals surface area contributed by atoms with Crippen LogP contribution in [0.5, 0.6) is 5.75 Å². The molecular weight excluding hydrogens is 498 g/mol. The first-order valence-electron chi connectivity index (χ1n) is 14.3. The summed E-state index contributed by atoms with van der Waals surface area (Å²) in [7, 11) is 0. The first kappa shape index (κ1) is 29.1. The van der Waals surface area contributed by atoms with E-state index in [0.717, 1.165) is 42.3 Å². The predicted octanol–water partition coefficient (Wildman–Crippen LogP) is 8.64. The number of unbranched alkanes of at least 4 members (excludes halogenated alkanes) is 1. The van der Waals surface area contributed by atoms with Crippen molar-refractivity contribution >= 4 is 22.7 Å². The zero-order valence-corrected chi connectivity index (χ0v) is 24.2. The molecule has 0 aliphatic rings. The summed E-state index contributed by atoms with van der Waals surface area (Å²) in [5.74, 6) is -0.131. The van der Waals surface area contributed by atoms with E-state index in [-0.39, 0.29) is 23.7 Å². The average Bonchev–Trinajstić information content (AvgIpc) is 3.29. The van der Waals surface area contributed by atoms with Crippen LogP contribution in [0.3, 0.4) is 0 Å². The van der Waals surface area contributed by atoms with Gasteiger partial charge in [-0.2, -0.15) is 0 Å². The van der Waals surface area contributed by atoms with E-state index in [1.54, 1.807) is 0 Å². The number of nitrogens with zero attached hydrogens (tertiary/aromatic N) is 1. The van der Waals surface area contributed by atoms with Crippen molar-refractivity contribution in [3.05, 3.63) is 101 Å². The summed E-state index contributed by atoms with van der Waals surface area (Å²) in [4.78, 5) is 24.5. The number of para-hydroxylation sites is 1. The van der Waals surface area contributed by atoms with Gasteiger partial charge in [-0.3, -0.25) is 9.59 Å². The summed E-state index contributed by atoms with van der Waals surface area (Å²) in [6.45, 7) is 9.49. The van der Waals surface area contributed by atoms with Gasteiger partial charge in [0.1, 0.15) is 11.9 Å². The molecule has 3 aromatic carbocycles. The Balaban J connectivity index is 1.51. The topological polar surface area (TPSA) is 68.5 Å². The van der Waals surface area contributed by atoms with Crippen LogP contribution in [0.15, 0.2) is 79.0 Å². The lowest BCUT2D eigenvalue weighted by Crippen LogP contribution is -2.10. The van der Waals surface area contributed by atoms with E-state index >= 15 is 0 Å². The highest BCUT2D eigenvalue weighted by molar-refractivity contribution is 6.16. The van der Waals surface area contributed by atoms with Gasteiger partial charge in [0.2, 0.25) is 0 Å². The Morgan fingerprint density at radius 1 is 0.925 bits per heavy atom. The molecule has 0 aliphatic carbocycles. The van der Waals surface area contributed by atoms with Crippen LogP contribution >= 0.6 is 0 Å². The summed E-state index contributed by atoms with van der Waals surface area (Å²) < 4.78 is 8.44. The number of aromatic nitrogens is 1. The molecule has 0 radical (unpaired) electrons. The molecule has 1 unspecified atom stereocenters. The molecule has 0 amide bonds. The van der Waals surface area contributed by atoms with Crippen LogP contribution in [0.4, 0.5) is 0 Å². The van der Waals surface area contributed by atoms with Gasteiger partial charge in [-0.15, -0.1) is 0 Å². The van der Waals surface area contributed by atoms with Crippen LogP contribution in [0.25, 0.3) is 10.9 Å². The van der Waals surface area contributed by atoms with Gasteiger partial charge in [-0.1, -0.05) is 76.6 Å². The third kappa shape index (κ3) is 7.62. The first-order chi connectivity index (χ1) is 19.1. The van der Waals surface area contributed by atoms with E-state index in [1.807, 2.05) is 59.3 Å². The average molecular weight is 540 g/mol. The molecule has 5 heteroatoms. The quantitative estimate of drug-likeness (QED) is 0.173. The molecule has 210 valence electrons. The zero-order valence-electron chi connectivity index (χ0n) is 24.2. The summed E-state index contributed by atoms with van der Waals surface area (Å²) in [6, 6.07) is 24.0. The van der Waals surface area contributed by atoms with E-state index < -0.39 is 5.97 Å². The minimum Gasteiger partial charge on any atom is -0.486 e. The molecule has 0 bridgehead atoms. The maximum atomic E-state index is 13.5. The number of ketones is 1. The lowest BCUT2D eigenvalue weighted by atomic mass is 9.87. The van der Waals surface area contributed by atoms with Crippen molar-refractivity contribution in [1.29, 1.82) is 0 Å². The number of hydrogen-bond acceptors (Lipinski definition) is 3. The molecule has 40 heavy (non-hydrogen) atoms. The molecule has 0 aliphatic heterocycles. The van der Waals surface area contributed by atoms with Crippen LogP contribution in [-0.2, 0) is 17.8 Å². The second kappa shape index (κ2) is 13.0. The third-order valence-electron chi connectivity index (χ3n) is 7.12. The Morgan fingerprint density at radius 3 is 2.27 bits per heavy atom. The molecule has 1 atom stereocenters. The molecule has 1 aromatic heterocycles. The highest BCUT2D eigenvalue weighted by Crippen LogP contribution is 2.30. The SMILES string of the molecule is CCCCC(Oc1ccc(C(=O)c2cn(CCCC(=O)O)c3ccccc23)cc1)c1ccc(CC(C)(C)C)cc1. The van der Waals surface area contributed by atoms with Crippen LogP contribution < -0.4 is 4.74 Å². The number of benzene rings is 3. The number of ether oxygens (including phenoxy) is 1. The number of carboxylic acids is 1. The van der Waals surface area contributed by atoms with E-state index in [1.165, 1.54) is 11.1 Å². The Bertz CT molecular complexity index is 1430. The molecular formula is C35H41NO4. The maximum absolute atomic E-state index is 13.5. The molecule has 4 aromatic rings. The molecule has 1 heterocycles. The smallest absolute Gasteiger partial charge is 0.303 e. The van der Waals surface area contributed by atoms with Gasteiger partial charge in [0, 0.05) is 41.2 Å². The van der Waals surface area contributed by atoms with Crippen molar-refractivity contribution < 1.29 is 19.4 Å². The fourth-order valence-corrected chi connectivity index (χ4v) is 5.16. The number of aryl methyl sites for hydroxylation is 1. The lowest BCUT2D eigenvalue weighted by Gasteiger charge is -2.21. The van der Waals surface area contributed by atoms with Crippen LogP contribution in [0.1, 0.15) is 93.0 Å². The second-order valence-corrected chi connectivity index (χ2v) is 11.8. The number of carbonyl (C=O) groups excluding carboxylic acids is 1. The molecule has 0 spiro atoms. The van der Waals surface area contributed by atoms with Crippen molar-refractivity contribution in [1.82, 2.24) is 4.57 Å². The fourth-order valence-electron chi connectivity index (χ4n) is 5.16. The predicted molar refractivity (Wildman–Crippen MR) is 161 cm³/mol. The number of aliphatic carboxylic acids is 1. The molecule has 0 saturated heterocycles. The van der Waals surface area contributed by atoms with E-state index in [0.29, 0.717) is 24.1 Å². The minimum atomic E-state index is -0.815. The molecule has 0 saturated carbocycles. The molecule has 1 N–H and O–H groups in total. The molecule has 5 nitrogen and oxygen atoms in total. The largest absolute Gasteiger partial charge is 0.486 e. The summed E-state index contributed by atoms with van der Waals surface area (Å²) in [5.41, 5.74) is 4.89. The third-order valence-corrected chi connectivity index (χ3v) is 7.12. The van der Waals surface area contributed by atoms with Gasteiger partial charge in [-0.25, -0.2) is 0 Å². The number of hydrogen-bond donors (Lipinski definition) is 1. The number of rotatable bonds is 13. The van der Waals surface area contributed by atoms with Crippen molar-refractivity contribution in [3.8, 4) is 5.75 Å². The Kier molecular flexibility index (Phi) is 9.46. The van der Waals surface area contributed by atoms with Crippen molar-refractivity contribution in [3.63, 3.8) is 0 Å². The van der Waals surface area contributed by atoms with Crippen molar-refractivity contribution in [2.24, 2.45) is 5.41 Å². The molecule has 4 rings (SSSR count). The Labute approximate surface area is 237 Å². The Hall–Kier alpha value is -3.86. The van der Waals surface area contributed by atoms with Gasteiger partial charge >= 0.3 is 5.97 Å². The number of fused-ring (bicyclic) bond motifs is 1. The lowest BCUT2D eigenvalue weighted by molar-refractivity contribution is -0.137. The first-order valence-corrected chi connectivity index (χ1v) is 14.3. The number of carbonyl (C=O) groups is 2. The summed E-state index contributed by atoms with van der Waals surface area (Å²) in [5, 5.41) is 9.88. The van der Waals surface area contributed by atoms with E-state index in [9.17, 15) is 9.59 Å².